The van der Waals surface area contributed by atoms with Crippen LogP contribution in [0.5, 0.6) is 5.75 Å². The molecule has 0 atom stereocenters. The molecular weight excluding hydrogens is 683 g/mol. The molecule has 0 aliphatic carbocycles. The Morgan fingerprint density at radius 3 is 1.22 bits per heavy atom. The van der Waals surface area contributed by atoms with Crippen LogP contribution in [-0.4, -0.2) is 53.6 Å². The van der Waals surface area contributed by atoms with E-state index < -0.39 is 82.8 Å². The first-order valence-corrected chi connectivity index (χ1v) is 10.8. The van der Waals surface area contributed by atoms with E-state index in [2.05, 4.69) is 0 Å². The van der Waals surface area contributed by atoms with Gasteiger partial charge in [0.25, 0.3) is 0 Å². The van der Waals surface area contributed by atoms with Crippen LogP contribution in [0.4, 0.5) is 83.4 Å². The Kier molecular flexibility index (Phi) is 8.99. The Hall–Kier alpha value is -3.93. The SMILES string of the molecule is N#Cc1ccc(OC(=O)c2ccc(C(F)(F)C(F)(F)C(F)(F)C(F)(F)C(F)(F)C(F)(F)C(F)(F)C(F)(F)C(F)(F)F)cc2)cc1. The van der Waals surface area contributed by atoms with Crippen molar-refractivity contribution in [1.29, 1.82) is 5.26 Å². The quantitative estimate of drug-likeness (QED) is 0.142. The molecule has 0 bridgehead atoms. The number of ether oxygens (including phenoxy) is 1. The molecule has 2 aromatic rings. The molecule has 250 valence electrons. The van der Waals surface area contributed by atoms with E-state index in [9.17, 15) is 88.2 Å². The fourth-order valence-electron chi connectivity index (χ4n) is 3.12. The predicted molar refractivity (Wildman–Crippen MR) is 107 cm³/mol. The van der Waals surface area contributed by atoms with Crippen LogP contribution in [-0.2, 0) is 5.92 Å². The number of hydrogen-bond acceptors (Lipinski definition) is 3. The molecule has 0 saturated heterocycles. The van der Waals surface area contributed by atoms with Crippen molar-refractivity contribution >= 4 is 5.97 Å². The van der Waals surface area contributed by atoms with Gasteiger partial charge in [-0.05, 0) is 36.4 Å². The number of nitriles is 1. The molecule has 0 unspecified atom stereocenters. The average Bonchev–Trinajstić information content (AvgIpc) is 2.92. The Morgan fingerprint density at radius 1 is 0.511 bits per heavy atom. The molecule has 3 nitrogen and oxygen atoms in total. The van der Waals surface area contributed by atoms with E-state index in [1.807, 2.05) is 0 Å². The molecule has 0 N–H and O–H groups in total. The zero-order chi connectivity index (χ0) is 35.5. The van der Waals surface area contributed by atoms with Gasteiger partial charge >= 0.3 is 59.5 Å². The molecule has 0 aliphatic heterocycles. The van der Waals surface area contributed by atoms with Gasteiger partial charge in [0.1, 0.15) is 5.75 Å². The van der Waals surface area contributed by atoms with E-state index in [4.69, 9.17) is 10.00 Å². The number of rotatable bonds is 10. The van der Waals surface area contributed by atoms with E-state index in [0.717, 1.165) is 24.3 Å². The van der Waals surface area contributed by atoms with Crippen molar-refractivity contribution < 1.29 is 92.9 Å². The monoisotopic (exact) mass is 691 g/mol. The van der Waals surface area contributed by atoms with Crippen LogP contribution in [0.15, 0.2) is 48.5 Å². The summed E-state index contributed by atoms with van der Waals surface area (Å²) in [6.45, 7) is 0. The van der Waals surface area contributed by atoms with Gasteiger partial charge < -0.3 is 4.74 Å². The van der Waals surface area contributed by atoms with E-state index in [0.29, 0.717) is 0 Å². The molecule has 2 rings (SSSR count). The molecule has 0 spiro atoms. The van der Waals surface area contributed by atoms with Crippen LogP contribution in [0.2, 0.25) is 0 Å². The maximum Gasteiger partial charge on any atom is 0.460 e. The molecule has 2 aromatic carbocycles. The molecule has 45 heavy (non-hydrogen) atoms. The second-order valence-electron chi connectivity index (χ2n) is 8.70. The fraction of sp³-hybridized carbons (Fsp3) is 0.391. The maximum absolute atomic E-state index is 14.4. The highest BCUT2D eigenvalue weighted by Gasteiger charge is 2.96. The summed E-state index contributed by atoms with van der Waals surface area (Å²) in [7, 11) is 0. The summed E-state index contributed by atoms with van der Waals surface area (Å²) < 4.78 is 261. The van der Waals surface area contributed by atoms with Crippen molar-refractivity contribution in [3.05, 3.63) is 65.2 Å². The van der Waals surface area contributed by atoms with Crippen molar-refractivity contribution in [2.45, 2.75) is 53.6 Å². The van der Waals surface area contributed by atoms with E-state index >= 15 is 0 Å². The first kappa shape index (κ1) is 37.3. The highest BCUT2D eigenvalue weighted by molar-refractivity contribution is 5.91. The Morgan fingerprint density at radius 2 is 0.867 bits per heavy atom. The predicted octanol–water partition coefficient (Wildman–Crippen LogP) is 8.88. The molecule has 22 heteroatoms. The second-order valence-corrected chi connectivity index (χ2v) is 8.70. The van der Waals surface area contributed by atoms with Gasteiger partial charge in [-0.1, -0.05) is 12.1 Å². The van der Waals surface area contributed by atoms with Crippen molar-refractivity contribution in [3.8, 4) is 11.8 Å². The van der Waals surface area contributed by atoms with Gasteiger partial charge in [0.15, 0.2) is 0 Å². The largest absolute Gasteiger partial charge is 0.460 e. The summed E-state index contributed by atoms with van der Waals surface area (Å²) in [4.78, 5) is 12.1. The third kappa shape index (κ3) is 5.36. The number of hydrogen-bond donors (Lipinski definition) is 0. The molecule has 0 aromatic heterocycles. The maximum atomic E-state index is 14.4. The lowest BCUT2D eigenvalue weighted by Crippen LogP contribution is -2.75. The smallest absolute Gasteiger partial charge is 0.423 e. The van der Waals surface area contributed by atoms with Crippen molar-refractivity contribution in [2.75, 3.05) is 0 Å². The highest BCUT2D eigenvalue weighted by Crippen LogP contribution is 2.66. The van der Waals surface area contributed by atoms with Gasteiger partial charge in [-0.3, -0.25) is 0 Å². The number of alkyl halides is 19. The summed E-state index contributed by atoms with van der Waals surface area (Å²) in [5.74, 6) is -69.4. The van der Waals surface area contributed by atoms with Gasteiger partial charge in [-0.2, -0.15) is 88.7 Å². The van der Waals surface area contributed by atoms with Crippen LogP contribution in [0, 0.1) is 11.3 Å². The zero-order valence-corrected chi connectivity index (χ0v) is 20.6. The zero-order valence-electron chi connectivity index (χ0n) is 20.6. The fourth-order valence-corrected chi connectivity index (χ4v) is 3.12. The summed E-state index contributed by atoms with van der Waals surface area (Å²) in [6, 6.07) is 5.25. The lowest BCUT2D eigenvalue weighted by atomic mass is 9.86. The summed E-state index contributed by atoms with van der Waals surface area (Å²) in [5, 5.41) is 8.67. The Bertz CT molecular complexity index is 1440. The summed E-state index contributed by atoms with van der Waals surface area (Å²) in [6.07, 6.45) is -7.95. The average molecular weight is 691 g/mol. The number of carbonyl (C=O) groups is 1. The van der Waals surface area contributed by atoms with Crippen molar-refractivity contribution in [3.63, 3.8) is 0 Å². The van der Waals surface area contributed by atoms with Gasteiger partial charge in [0.2, 0.25) is 0 Å². The number of nitrogens with zero attached hydrogens (tertiary/aromatic N) is 1. The second kappa shape index (κ2) is 10.9. The van der Waals surface area contributed by atoms with E-state index in [1.54, 1.807) is 6.07 Å². The van der Waals surface area contributed by atoms with Gasteiger partial charge in [-0.15, -0.1) is 0 Å². The van der Waals surface area contributed by atoms with Gasteiger partial charge in [0.05, 0.1) is 17.2 Å². The lowest BCUT2D eigenvalue weighted by Gasteiger charge is -2.43. The first-order chi connectivity index (χ1) is 19.9. The summed E-state index contributed by atoms with van der Waals surface area (Å²) >= 11 is 0. The normalized spacial score (nSPS) is 14.6. The van der Waals surface area contributed by atoms with Crippen LogP contribution < -0.4 is 4.74 Å². The molecule has 0 radical (unpaired) electrons. The summed E-state index contributed by atoms with van der Waals surface area (Å²) in [5.41, 5.74) is -3.38. The molecule has 0 fully saturated rings. The third-order valence-electron chi connectivity index (χ3n) is 5.79. The topological polar surface area (TPSA) is 50.1 Å². The number of benzene rings is 2. The minimum Gasteiger partial charge on any atom is -0.423 e. The molecule has 0 heterocycles. The van der Waals surface area contributed by atoms with Crippen LogP contribution in [0.25, 0.3) is 0 Å². The van der Waals surface area contributed by atoms with Crippen LogP contribution in [0.3, 0.4) is 0 Å². The molecule has 0 aliphatic rings. The first-order valence-electron chi connectivity index (χ1n) is 10.8. The minimum atomic E-state index is -9.01. The number of carbonyl (C=O) groups excluding carboxylic acids is 1. The van der Waals surface area contributed by atoms with Gasteiger partial charge in [-0.25, -0.2) is 4.79 Å². The van der Waals surface area contributed by atoms with Crippen LogP contribution >= 0.6 is 0 Å². The minimum absolute atomic E-state index is 0.0548. The Labute approximate surface area is 235 Å². The number of halogens is 19. The molecular formula is C23H8F19NO2. The molecule has 0 amide bonds. The van der Waals surface area contributed by atoms with E-state index in [-0.39, 0.29) is 23.4 Å². The third-order valence-corrected chi connectivity index (χ3v) is 5.79. The van der Waals surface area contributed by atoms with Crippen molar-refractivity contribution in [2.24, 2.45) is 0 Å². The Balaban J connectivity index is 2.51. The number of esters is 1. The standard InChI is InChI=1S/C23H8F19NO2/c24-15(25,12-5-3-11(4-6-12)14(44)45-13-7-1-10(9-43)2-8-13)16(26,27)17(28,29)18(30,31)19(32,33)20(34,35)21(36,37)22(38,39)23(40,41)42/h1-8H. The molecule has 0 saturated carbocycles. The van der Waals surface area contributed by atoms with Gasteiger partial charge in [0, 0.05) is 5.56 Å². The van der Waals surface area contributed by atoms with Crippen LogP contribution in [0.1, 0.15) is 21.5 Å². The lowest BCUT2D eigenvalue weighted by molar-refractivity contribution is -0.469. The highest BCUT2D eigenvalue weighted by atomic mass is 19.4. The van der Waals surface area contributed by atoms with E-state index in [1.165, 1.54) is 0 Å². The van der Waals surface area contributed by atoms with Crippen molar-refractivity contribution in [1.82, 2.24) is 0 Å².